The van der Waals surface area contributed by atoms with Crippen molar-refractivity contribution in [2.45, 2.75) is 24.9 Å². The maximum absolute atomic E-state index is 11.1. The maximum Gasteiger partial charge on any atom is 0.131 e. The molecule has 0 saturated heterocycles. The minimum atomic E-state index is -1.28. The summed E-state index contributed by atoms with van der Waals surface area (Å²) in [6.45, 7) is 2.02. The second-order valence-electron chi connectivity index (χ2n) is 5.83. The highest BCUT2D eigenvalue weighted by molar-refractivity contribution is 5.50. The molecule has 0 spiro atoms. The zero-order valence-corrected chi connectivity index (χ0v) is 12.5. The third kappa shape index (κ3) is 2.18. The highest BCUT2D eigenvalue weighted by Crippen LogP contribution is 2.48. The van der Waals surface area contributed by atoms with Crippen LogP contribution in [0.3, 0.4) is 0 Å². The second-order valence-corrected chi connectivity index (χ2v) is 5.83. The van der Waals surface area contributed by atoms with Gasteiger partial charge in [-0.15, -0.1) is 0 Å². The van der Waals surface area contributed by atoms with Gasteiger partial charge in [-0.1, -0.05) is 60.2 Å². The van der Waals surface area contributed by atoms with E-state index in [1.54, 1.807) is 0 Å². The van der Waals surface area contributed by atoms with Crippen molar-refractivity contribution in [3.63, 3.8) is 0 Å². The molecule has 3 nitrogen and oxygen atoms in total. The minimum Gasteiger partial charge on any atom is -0.399 e. The Bertz CT molecular complexity index is 756. The molecule has 3 heteroatoms. The molecule has 0 saturated carbocycles. The lowest BCUT2D eigenvalue weighted by atomic mass is 9.86. The molecule has 3 rings (SSSR count). The lowest BCUT2D eigenvalue weighted by Crippen LogP contribution is -2.29. The molecule has 1 aliphatic carbocycles. The fourth-order valence-electron chi connectivity index (χ4n) is 3.13. The van der Waals surface area contributed by atoms with Crippen LogP contribution in [0.4, 0.5) is 0 Å². The molecule has 22 heavy (non-hydrogen) atoms. The summed E-state index contributed by atoms with van der Waals surface area (Å²) in [7, 11) is 0. The van der Waals surface area contributed by atoms with Gasteiger partial charge in [0.05, 0.1) is 17.3 Å². The summed E-state index contributed by atoms with van der Waals surface area (Å²) in [5.41, 5.74) is 8.53. The molecular weight excluding hydrogens is 272 g/mol. The predicted octanol–water partition coefficient (Wildman–Crippen LogP) is 3.11. The molecule has 2 aromatic rings. The number of nitrogens with zero attached hydrogens (tertiary/aromatic N) is 1. The Morgan fingerprint density at radius 3 is 2.36 bits per heavy atom. The number of rotatable bonds is 2. The van der Waals surface area contributed by atoms with Gasteiger partial charge in [0.2, 0.25) is 0 Å². The van der Waals surface area contributed by atoms with Gasteiger partial charge in [-0.05, 0) is 24.5 Å². The van der Waals surface area contributed by atoms with Gasteiger partial charge in [-0.3, -0.25) is 0 Å². The lowest BCUT2D eigenvalue weighted by Gasteiger charge is -2.25. The van der Waals surface area contributed by atoms with Gasteiger partial charge in [0.15, 0.2) is 0 Å². The topological polar surface area (TPSA) is 70.0 Å². The summed E-state index contributed by atoms with van der Waals surface area (Å²) in [6, 6.07) is 19.5. The third-order valence-corrected chi connectivity index (χ3v) is 4.44. The molecule has 0 aliphatic heterocycles. The molecule has 0 bridgehead atoms. The smallest absolute Gasteiger partial charge is 0.131 e. The van der Waals surface area contributed by atoms with Gasteiger partial charge >= 0.3 is 0 Å². The van der Waals surface area contributed by atoms with Crippen molar-refractivity contribution >= 4 is 0 Å². The van der Waals surface area contributed by atoms with E-state index in [9.17, 15) is 10.4 Å². The Morgan fingerprint density at radius 2 is 1.77 bits per heavy atom. The highest BCUT2D eigenvalue weighted by atomic mass is 16.3. The average molecular weight is 290 g/mol. The van der Waals surface area contributed by atoms with Crippen molar-refractivity contribution in [3.05, 3.63) is 82.6 Å². The monoisotopic (exact) mass is 290 g/mol. The summed E-state index contributed by atoms with van der Waals surface area (Å²) < 4.78 is 0. The van der Waals surface area contributed by atoms with Gasteiger partial charge in [-0.2, -0.15) is 5.26 Å². The van der Waals surface area contributed by atoms with Crippen LogP contribution in [-0.2, 0) is 5.60 Å². The molecule has 0 radical (unpaired) electrons. The number of aliphatic hydroxyl groups is 1. The van der Waals surface area contributed by atoms with Crippen LogP contribution in [0.1, 0.15) is 29.0 Å². The number of nitriles is 1. The zero-order chi connectivity index (χ0) is 15.7. The van der Waals surface area contributed by atoms with Gasteiger partial charge in [-0.25, -0.2) is 0 Å². The van der Waals surface area contributed by atoms with Gasteiger partial charge < -0.3 is 10.8 Å². The Morgan fingerprint density at radius 1 is 1.14 bits per heavy atom. The number of benzene rings is 2. The second kappa shape index (κ2) is 5.32. The first-order valence-electron chi connectivity index (χ1n) is 7.31. The molecule has 0 unspecified atom stereocenters. The van der Waals surface area contributed by atoms with Crippen LogP contribution >= 0.6 is 0 Å². The molecule has 2 aromatic carbocycles. The molecule has 0 fully saturated rings. The van der Waals surface area contributed by atoms with E-state index in [0.29, 0.717) is 12.0 Å². The van der Waals surface area contributed by atoms with E-state index in [0.717, 1.165) is 16.7 Å². The van der Waals surface area contributed by atoms with Gasteiger partial charge in [0, 0.05) is 5.92 Å². The standard InChI is InChI=1S/C19H18N2O/c1-13-7-9-14(10-8-13)16-11-19(22,18(21)17(16)12-20)15-5-3-2-4-6-15/h2-10,16,22H,11,21H2,1H3/t16-,19-/m1/s1. The van der Waals surface area contributed by atoms with Crippen LogP contribution in [0, 0.1) is 18.3 Å². The van der Waals surface area contributed by atoms with E-state index in [1.807, 2.05) is 61.5 Å². The molecule has 1 aliphatic rings. The van der Waals surface area contributed by atoms with E-state index < -0.39 is 5.60 Å². The van der Waals surface area contributed by atoms with Crippen LogP contribution < -0.4 is 5.73 Å². The molecule has 3 N–H and O–H groups in total. The lowest BCUT2D eigenvalue weighted by molar-refractivity contribution is 0.0724. The molecule has 0 amide bonds. The molecular formula is C19H18N2O. The van der Waals surface area contributed by atoms with Crippen molar-refractivity contribution in [3.8, 4) is 6.07 Å². The fourth-order valence-corrected chi connectivity index (χ4v) is 3.13. The van der Waals surface area contributed by atoms with E-state index >= 15 is 0 Å². The van der Waals surface area contributed by atoms with Crippen LogP contribution in [0.25, 0.3) is 0 Å². The SMILES string of the molecule is Cc1ccc([C@H]2C[C@@](O)(c3ccccc3)C(N)=C2C#N)cc1. The normalized spacial score (nSPS) is 24.3. The first kappa shape index (κ1) is 14.4. The van der Waals surface area contributed by atoms with Crippen LogP contribution in [0.2, 0.25) is 0 Å². The first-order valence-corrected chi connectivity index (χ1v) is 7.31. The minimum absolute atomic E-state index is 0.171. The summed E-state index contributed by atoms with van der Waals surface area (Å²) in [4.78, 5) is 0. The molecule has 2 atom stereocenters. The zero-order valence-electron chi connectivity index (χ0n) is 12.5. The van der Waals surface area contributed by atoms with E-state index in [1.165, 1.54) is 0 Å². The van der Waals surface area contributed by atoms with Crippen molar-refractivity contribution in [2.75, 3.05) is 0 Å². The number of hydrogen-bond donors (Lipinski definition) is 2. The molecule has 0 heterocycles. The third-order valence-electron chi connectivity index (χ3n) is 4.44. The summed E-state index contributed by atoms with van der Waals surface area (Å²) in [5, 5.41) is 20.6. The molecule has 110 valence electrons. The summed E-state index contributed by atoms with van der Waals surface area (Å²) in [6.07, 6.45) is 0.398. The largest absolute Gasteiger partial charge is 0.399 e. The Hall–Kier alpha value is -2.57. The Balaban J connectivity index is 2.07. The fraction of sp³-hybridized carbons (Fsp3) is 0.211. The predicted molar refractivity (Wildman–Crippen MR) is 85.7 cm³/mol. The number of hydrogen-bond acceptors (Lipinski definition) is 3. The first-order chi connectivity index (χ1) is 10.6. The molecule has 0 aromatic heterocycles. The van der Waals surface area contributed by atoms with E-state index in [2.05, 4.69) is 6.07 Å². The van der Waals surface area contributed by atoms with E-state index in [-0.39, 0.29) is 11.6 Å². The van der Waals surface area contributed by atoms with E-state index in [4.69, 9.17) is 5.73 Å². The number of aryl methyl sites for hydroxylation is 1. The Labute approximate surface area is 130 Å². The quantitative estimate of drug-likeness (QED) is 0.892. The van der Waals surface area contributed by atoms with Crippen molar-refractivity contribution in [1.82, 2.24) is 0 Å². The van der Waals surface area contributed by atoms with Gasteiger partial charge in [0.1, 0.15) is 5.60 Å². The van der Waals surface area contributed by atoms with Crippen LogP contribution in [0.5, 0.6) is 0 Å². The van der Waals surface area contributed by atoms with Gasteiger partial charge in [0.25, 0.3) is 0 Å². The van der Waals surface area contributed by atoms with Crippen LogP contribution in [-0.4, -0.2) is 5.11 Å². The van der Waals surface area contributed by atoms with Crippen molar-refractivity contribution in [1.29, 1.82) is 5.26 Å². The summed E-state index contributed by atoms with van der Waals surface area (Å²) >= 11 is 0. The van der Waals surface area contributed by atoms with Crippen LogP contribution in [0.15, 0.2) is 65.9 Å². The van der Waals surface area contributed by atoms with Crippen molar-refractivity contribution < 1.29 is 5.11 Å². The summed E-state index contributed by atoms with van der Waals surface area (Å²) in [5.74, 6) is -0.171. The maximum atomic E-state index is 11.1. The number of nitrogens with two attached hydrogens (primary N) is 1. The highest BCUT2D eigenvalue weighted by Gasteiger charge is 2.45. The average Bonchev–Trinajstić information content (AvgIpc) is 2.81. The number of allylic oxidation sites excluding steroid dienone is 1. The van der Waals surface area contributed by atoms with Crippen molar-refractivity contribution in [2.24, 2.45) is 5.73 Å². The Kier molecular flexibility index (Phi) is 3.48.